The summed E-state index contributed by atoms with van der Waals surface area (Å²) in [5.74, 6) is -1.44. The number of ketones is 1. The highest BCUT2D eigenvalue weighted by atomic mass is 35.5. The van der Waals surface area contributed by atoms with Crippen LogP contribution in [0.4, 0.5) is 5.69 Å². The van der Waals surface area contributed by atoms with Gasteiger partial charge in [0.05, 0.1) is 12.8 Å². The van der Waals surface area contributed by atoms with Gasteiger partial charge in [-0.15, -0.1) is 0 Å². The van der Waals surface area contributed by atoms with E-state index in [9.17, 15) is 19.2 Å². The Bertz CT molecular complexity index is 1750. The Balaban J connectivity index is 1.38. The molecule has 1 aliphatic heterocycles. The Hall–Kier alpha value is -5.09. The summed E-state index contributed by atoms with van der Waals surface area (Å²) >= 11 is 6.17. The summed E-state index contributed by atoms with van der Waals surface area (Å²) in [4.78, 5) is 63.9. The monoisotopic (exact) mass is 639 g/mol. The van der Waals surface area contributed by atoms with E-state index in [-0.39, 0.29) is 49.9 Å². The zero-order valence-electron chi connectivity index (χ0n) is 25.5. The molecule has 0 aliphatic carbocycles. The van der Waals surface area contributed by atoms with Gasteiger partial charge in [0.15, 0.2) is 5.78 Å². The first kappa shape index (κ1) is 32.3. The van der Waals surface area contributed by atoms with Crippen molar-refractivity contribution < 1.29 is 23.9 Å². The number of rotatable bonds is 11. The molecule has 3 amide bonds. The number of halogens is 1. The van der Waals surface area contributed by atoms with Crippen LogP contribution in [0.5, 0.6) is 6.01 Å². The molecule has 0 spiro atoms. The van der Waals surface area contributed by atoms with Crippen molar-refractivity contribution in [2.45, 2.75) is 51.2 Å². The maximum atomic E-state index is 14.0. The van der Waals surface area contributed by atoms with Gasteiger partial charge in [-0.2, -0.15) is 0 Å². The largest absolute Gasteiger partial charge is 0.467 e. The molecular formula is C35H34ClN5O5. The third kappa shape index (κ3) is 7.94. The minimum Gasteiger partial charge on any atom is -0.467 e. The van der Waals surface area contributed by atoms with Crippen molar-refractivity contribution in [1.29, 1.82) is 0 Å². The van der Waals surface area contributed by atoms with Crippen molar-refractivity contribution in [3.8, 4) is 6.01 Å². The predicted octanol–water partition coefficient (Wildman–Crippen LogP) is 4.73. The number of Topliss-reactive ketones (excluding diaryl/α,β-unsaturated/α-hetero) is 1. The van der Waals surface area contributed by atoms with Crippen molar-refractivity contribution in [1.82, 2.24) is 20.2 Å². The van der Waals surface area contributed by atoms with Gasteiger partial charge >= 0.3 is 6.01 Å². The number of hydrogen-bond acceptors (Lipinski definition) is 7. The minimum absolute atomic E-state index is 0.0103. The van der Waals surface area contributed by atoms with Gasteiger partial charge in [-0.1, -0.05) is 66.2 Å². The van der Waals surface area contributed by atoms with Gasteiger partial charge in [-0.3, -0.25) is 19.2 Å². The Kier molecular flexibility index (Phi) is 10.4. The zero-order valence-corrected chi connectivity index (χ0v) is 26.3. The fraction of sp³-hybridized carbons (Fsp3) is 0.257. The van der Waals surface area contributed by atoms with Crippen molar-refractivity contribution in [3.05, 3.63) is 118 Å². The number of nitrogens with one attached hydrogen (secondary N) is 2. The van der Waals surface area contributed by atoms with Crippen LogP contribution in [0.2, 0.25) is 5.02 Å². The number of carbonyl (C=O) groups excluding carboxylic acids is 4. The number of ether oxygens (including phenoxy) is 1. The molecule has 0 fully saturated rings. The van der Waals surface area contributed by atoms with E-state index in [1.165, 1.54) is 18.2 Å². The van der Waals surface area contributed by atoms with Crippen LogP contribution in [0.25, 0.3) is 0 Å². The molecule has 2 heterocycles. The van der Waals surface area contributed by atoms with Crippen molar-refractivity contribution in [2.24, 2.45) is 0 Å². The molecule has 5 rings (SSSR count). The smallest absolute Gasteiger partial charge is 0.316 e. The summed E-state index contributed by atoms with van der Waals surface area (Å²) in [6, 6.07) is 21.3. The Morgan fingerprint density at radius 1 is 0.978 bits per heavy atom. The Morgan fingerprint density at radius 3 is 2.46 bits per heavy atom. The quantitative estimate of drug-likeness (QED) is 0.227. The SMILES string of the molecule is COc1nccc(C[C@H](NC(=O)[C@@H]2Cc3ccccc3CN2C(=O)CCC(=O)c2ccccc2)C(=O)Nc2ccc(Cl)c(C)c2)n1. The van der Waals surface area contributed by atoms with E-state index in [4.69, 9.17) is 16.3 Å². The number of benzene rings is 3. The fourth-order valence-corrected chi connectivity index (χ4v) is 5.50. The molecule has 4 aromatic rings. The molecule has 0 bridgehead atoms. The maximum Gasteiger partial charge on any atom is 0.316 e. The number of hydrogen-bond donors (Lipinski definition) is 2. The first-order chi connectivity index (χ1) is 22.2. The van der Waals surface area contributed by atoms with Crippen LogP contribution >= 0.6 is 11.6 Å². The van der Waals surface area contributed by atoms with Crippen LogP contribution in [-0.2, 0) is 33.8 Å². The summed E-state index contributed by atoms with van der Waals surface area (Å²) in [5.41, 5.74) is 4.15. The molecule has 2 atom stereocenters. The van der Waals surface area contributed by atoms with E-state index >= 15 is 0 Å². The van der Waals surface area contributed by atoms with E-state index < -0.39 is 23.9 Å². The molecule has 0 saturated heterocycles. The second kappa shape index (κ2) is 14.8. The second-order valence-electron chi connectivity index (χ2n) is 11.1. The van der Waals surface area contributed by atoms with Gasteiger partial charge in [0, 0.05) is 54.7 Å². The van der Waals surface area contributed by atoms with E-state index in [0.29, 0.717) is 22.0 Å². The minimum atomic E-state index is -1.06. The first-order valence-corrected chi connectivity index (χ1v) is 15.3. The lowest BCUT2D eigenvalue weighted by Crippen LogP contribution is -2.56. The topological polar surface area (TPSA) is 131 Å². The normalized spacial score (nSPS) is 14.5. The average molecular weight is 640 g/mol. The number of anilines is 1. The number of carbonyl (C=O) groups is 4. The molecule has 3 aromatic carbocycles. The molecule has 1 aliphatic rings. The lowest BCUT2D eigenvalue weighted by Gasteiger charge is -2.36. The van der Waals surface area contributed by atoms with Crippen LogP contribution in [0.1, 0.15) is 45.6 Å². The predicted molar refractivity (Wildman–Crippen MR) is 174 cm³/mol. The Morgan fingerprint density at radius 2 is 1.72 bits per heavy atom. The van der Waals surface area contributed by atoms with Crippen molar-refractivity contribution >= 4 is 40.8 Å². The summed E-state index contributed by atoms with van der Waals surface area (Å²) in [6.07, 6.45) is 1.75. The molecule has 1 aromatic heterocycles. The second-order valence-corrected chi connectivity index (χ2v) is 11.5. The van der Waals surface area contributed by atoms with E-state index in [1.54, 1.807) is 48.5 Å². The van der Waals surface area contributed by atoms with Gasteiger partial charge in [-0.25, -0.2) is 9.97 Å². The van der Waals surface area contributed by atoms with Crippen LogP contribution in [0, 0.1) is 6.92 Å². The number of fused-ring (bicyclic) bond motifs is 1. The van der Waals surface area contributed by atoms with Gasteiger partial charge in [0.25, 0.3) is 0 Å². The molecule has 0 saturated carbocycles. The third-order valence-electron chi connectivity index (χ3n) is 7.88. The molecule has 0 unspecified atom stereocenters. The average Bonchev–Trinajstić information content (AvgIpc) is 3.08. The maximum absolute atomic E-state index is 14.0. The summed E-state index contributed by atoms with van der Waals surface area (Å²) in [5, 5.41) is 6.31. The standard InChI is InChI=1S/C35H34ClN5O5/c1-22-18-26(12-13-28(22)36)38-33(44)29(20-27-16-17-37-35(39-27)46-2)40-34(45)30-19-24-10-6-7-11-25(24)21-41(30)32(43)15-14-31(42)23-8-4-3-5-9-23/h3-13,16-18,29-30H,14-15,19-21H2,1-2H3,(H,38,44)(H,40,45)/t29-,30-/m0/s1. The van der Waals surface area contributed by atoms with E-state index in [1.807, 2.05) is 37.3 Å². The number of amides is 3. The van der Waals surface area contributed by atoms with E-state index in [2.05, 4.69) is 20.6 Å². The molecular weight excluding hydrogens is 606 g/mol. The zero-order chi connectivity index (χ0) is 32.6. The highest BCUT2D eigenvalue weighted by Gasteiger charge is 2.36. The number of aryl methyl sites for hydroxylation is 1. The van der Waals surface area contributed by atoms with Crippen LogP contribution in [-0.4, -0.2) is 57.6 Å². The summed E-state index contributed by atoms with van der Waals surface area (Å²) in [6.45, 7) is 2.03. The number of nitrogens with zero attached hydrogens (tertiary/aromatic N) is 3. The fourth-order valence-electron chi connectivity index (χ4n) is 5.38. The molecule has 46 heavy (non-hydrogen) atoms. The van der Waals surface area contributed by atoms with Crippen LogP contribution in [0.3, 0.4) is 0 Å². The van der Waals surface area contributed by atoms with Crippen molar-refractivity contribution in [3.63, 3.8) is 0 Å². The first-order valence-electron chi connectivity index (χ1n) is 14.9. The highest BCUT2D eigenvalue weighted by Crippen LogP contribution is 2.25. The van der Waals surface area contributed by atoms with Gasteiger partial charge in [0.1, 0.15) is 12.1 Å². The molecule has 0 radical (unpaired) electrons. The highest BCUT2D eigenvalue weighted by molar-refractivity contribution is 6.31. The molecule has 11 heteroatoms. The van der Waals surface area contributed by atoms with Crippen LogP contribution < -0.4 is 15.4 Å². The van der Waals surface area contributed by atoms with Gasteiger partial charge in [0.2, 0.25) is 17.7 Å². The Labute approximate surface area is 272 Å². The molecule has 10 nitrogen and oxygen atoms in total. The number of methoxy groups -OCH3 is 1. The van der Waals surface area contributed by atoms with E-state index in [0.717, 1.165) is 16.7 Å². The van der Waals surface area contributed by atoms with Gasteiger partial charge in [-0.05, 0) is 47.9 Å². The summed E-state index contributed by atoms with van der Waals surface area (Å²) < 4.78 is 5.14. The van der Waals surface area contributed by atoms with Crippen molar-refractivity contribution in [2.75, 3.05) is 12.4 Å². The van der Waals surface area contributed by atoms with Gasteiger partial charge < -0.3 is 20.3 Å². The third-order valence-corrected chi connectivity index (χ3v) is 8.30. The lowest BCUT2D eigenvalue weighted by atomic mass is 9.92. The summed E-state index contributed by atoms with van der Waals surface area (Å²) in [7, 11) is 1.44. The molecule has 2 N–H and O–H groups in total. The van der Waals surface area contributed by atoms with Crippen LogP contribution in [0.15, 0.2) is 85.1 Å². The number of aromatic nitrogens is 2. The lowest BCUT2D eigenvalue weighted by molar-refractivity contribution is -0.142. The molecule has 236 valence electrons.